The highest BCUT2D eigenvalue weighted by atomic mass is 19.4. The minimum absolute atomic E-state index is 0.0882. The number of amides is 1. The van der Waals surface area contributed by atoms with Crippen LogP contribution in [-0.2, 0) is 9.59 Å². The molecule has 1 aliphatic carbocycles. The average Bonchev–Trinajstić information content (AvgIpc) is 2.60. The Hall–Kier alpha value is -1.27. The van der Waals surface area contributed by atoms with Crippen LogP contribution in [0.25, 0.3) is 0 Å². The lowest BCUT2D eigenvalue weighted by Crippen LogP contribution is -2.52. The molecule has 0 spiro atoms. The summed E-state index contributed by atoms with van der Waals surface area (Å²) in [6.07, 6.45) is -3.49. The van der Waals surface area contributed by atoms with Gasteiger partial charge in [0, 0.05) is 12.6 Å². The number of carbonyl (C=O) groups excluding carboxylic acids is 1. The number of alkyl halides is 3. The molecule has 1 aliphatic heterocycles. The van der Waals surface area contributed by atoms with Gasteiger partial charge in [0.1, 0.15) is 0 Å². The summed E-state index contributed by atoms with van der Waals surface area (Å²) in [7, 11) is 0. The highest BCUT2D eigenvalue weighted by Gasteiger charge is 2.51. The maximum absolute atomic E-state index is 12.3. The average molecular weight is 251 g/mol. The van der Waals surface area contributed by atoms with Crippen LogP contribution in [0.15, 0.2) is 0 Å². The van der Waals surface area contributed by atoms with Crippen LogP contribution in [0.2, 0.25) is 0 Å². The van der Waals surface area contributed by atoms with Crippen molar-refractivity contribution < 1.29 is 27.9 Å². The van der Waals surface area contributed by atoms with Crippen LogP contribution in [0.5, 0.6) is 0 Å². The number of likely N-dealkylation sites (tertiary alicyclic amines) is 1. The van der Waals surface area contributed by atoms with Gasteiger partial charge in [-0.3, -0.25) is 9.59 Å². The van der Waals surface area contributed by atoms with Crippen LogP contribution in [0.4, 0.5) is 13.2 Å². The standard InChI is InChI=1S/C10H12F3NO3/c11-10(12,13)9(17)14-4-7(8(15)16)5-1-2-6(14)3-5/h5-7H,1-4H2,(H,15,16)/t5-,6+,7+/m0/s1. The van der Waals surface area contributed by atoms with Gasteiger partial charge >= 0.3 is 18.1 Å². The molecule has 0 aromatic carbocycles. The van der Waals surface area contributed by atoms with Crippen molar-refractivity contribution in [1.82, 2.24) is 4.90 Å². The minimum atomic E-state index is -4.92. The van der Waals surface area contributed by atoms with Crippen molar-refractivity contribution in [2.24, 2.45) is 11.8 Å². The lowest BCUT2D eigenvalue weighted by Gasteiger charge is -2.37. The van der Waals surface area contributed by atoms with Crippen LogP contribution in [0, 0.1) is 11.8 Å². The number of fused-ring (bicyclic) bond motifs is 2. The first-order valence-corrected chi connectivity index (χ1v) is 5.41. The number of carboxylic acids is 1. The van der Waals surface area contributed by atoms with Gasteiger partial charge in [-0.1, -0.05) is 0 Å². The molecule has 2 bridgehead atoms. The summed E-state index contributed by atoms with van der Waals surface area (Å²) >= 11 is 0. The molecule has 2 aliphatic rings. The summed E-state index contributed by atoms with van der Waals surface area (Å²) in [6.45, 7) is -0.316. The van der Waals surface area contributed by atoms with E-state index < -0.39 is 30.0 Å². The monoisotopic (exact) mass is 251 g/mol. The Labute approximate surface area is 95.4 Å². The molecule has 4 nitrogen and oxygen atoms in total. The SMILES string of the molecule is O=C(O)[C@@H]1CN(C(=O)C(F)(F)F)[C@@H]2CC[C@H]1C2. The molecule has 2 rings (SSSR count). The van der Waals surface area contributed by atoms with Gasteiger partial charge in [-0.05, 0) is 25.2 Å². The van der Waals surface area contributed by atoms with Crippen LogP contribution in [0.3, 0.4) is 0 Å². The highest BCUT2D eigenvalue weighted by molar-refractivity contribution is 5.83. The molecule has 1 N–H and O–H groups in total. The van der Waals surface area contributed by atoms with E-state index in [1.807, 2.05) is 0 Å². The molecular formula is C10H12F3NO3. The second-order valence-electron chi connectivity index (χ2n) is 4.63. The van der Waals surface area contributed by atoms with Gasteiger partial charge in [0.15, 0.2) is 0 Å². The molecule has 0 radical (unpaired) electrons. The molecule has 7 heteroatoms. The first-order chi connectivity index (χ1) is 7.80. The maximum Gasteiger partial charge on any atom is 0.471 e. The Morgan fingerprint density at radius 1 is 1.24 bits per heavy atom. The topological polar surface area (TPSA) is 57.6 Å². The normalized spacial score (nSPS) is 32.6. The highest BCUT2D eigenvalue weighted by Crippen LogP contribution is 2.41. The first kappa shape index (κ1) is 12.2. The third kappa shape index (κ3) is 2.10. The van der Waals surface area contributed by atoms with Crippen LogP contribution < -0.4 is 0 Å². The number of rotatable bonds is 1. The van der Waals surface area contributed by atoms with Crippen molar-refractivity contribution in [1.29, 1.82) is 0 Å². The lowest BCUT2D eigenvalue weighted by molar-refractivity contribution is -0.190. The van der Waals surface area contributed by atoms with Crippen LogP contribution in [0.1, 0.15) is 19.3 Å². The summed E-state index contributed by atoms with van der Waals surface area (Å²) in [5, 5.41) is 8.94. The summed E-state index contributed by atoms with van der Waals surface area (Å²) in [6, 6.07) is -0.440. The molecule has 0 unspecified atom stereocenters. The quantitative estimate of drug-likeness (QED) is 0.763. The molecular weight excluding hydrogens is 239 g/mol. The number of aliphatic carboxylic acids is 1. The van der Waals surface area contributed by atoms with Gasteiger partial charge in [-0.2, -0.15) is 13.2 Å². The van der Waals surface area contributed by atoms with E-state index in [1.165, 1.54) is 0 Å². The Bertz CT molecular complexity index is 355. The van der Waals surface area contributed by atoms with E-state index in [2.05, 4.69) is 0 Å². The fourth-order valence-electron chi connectivity index (χ4n) is 2.84. The van der Waals surface area contributed by atoms with Crippen LogP contribution >= 0.6 is 0 Å². The fourth-order valence-corrected chi connectivity index (χ4v) is 2.84. The number of carbonyl (C=O) groups is 2. The molecule has 3 atom stereocenters. The molecule has 1 saturated heterocycles. The third-order valence-electron chi connectivity index (χ3n) is 3.67. The van der Waals surface area contributed by atoms with Gasteiger partial charge in [-0.25, -0.2) is 0 Å². The molecule has 1 amide bonds. The number of piperidine rings is 1. The third-order valence-corrected chi connectivity index (χ3v) is 3.67. The van der Waals surface area contributed by atoms with Crippen LogP contribution in [-0.4, -0.2) is 40.6 Å². The number of hydrogen-bond donors (Lipinski definition) is 1. The van der Waals surface area contributed by atoms with Gasteiger partial charge in [-0.15, -0.1) is 0 Å². The van der Waals surface area contributed by atoms with E-state index >= 15 is 0 Å². The van der Waals surface area contributed by atoms with E-state index in [4.69, 9.17) is 5.11 Å². The lowest BCUT2D eigenvalue weighted by atomic mass is 9.87. The van der Waals surface area contributed by atoms with Gasteiger partial charge in [0.25, 0.3) is 0 Å². The Morgan fingerprint density at radius 3 is 2.41 bits per heavy atom. The number of carboxylic acid groups (broad SMARTS) is 1. The second kappa shape index (κ2) is 3.89. The molecule has 0 aromatic heterocycles. The van der Waals surface area contributed by atoms with Gasteiger partial charge in [0.05, 0.1) is 5.92 Å². The molecule has 17 heavy (non-hydrogen) atoms. The van der Waals surface area contributed by atoms with Gasteiger partial charge in [0.2, 0.25) is 0 Å². The predicted molar refractivity (Wildman–Crippen MR) is 50.0 cm³/mol. The maximum atomic E-state index is 12.3. The van der Waals surface area contributed by atoms with Gasteiger partial charge < -0.3 is 10.0 Å². The van der Waals surface area contributed by atoms with E-state index in [1.54, 1.807) is 0 Å². The number of hydrogen-bond acceptors (Lipinski definition) is 2. The van der Waals surface area contributed by atoms with Crippen molar-refractivity contribution in [3.05, 3.63) is 0 Å². The summed E-state index contributed by atoms with van der Waals surface area (Å²) in [5.74, 6) is -3.97. The molecule has 1 saturated carbocycles. The largest absolute Gasteiger partial charge is 0.481 e. The van der Waals surface area contributed by atoms with Crippen molar-refractivity contribution in [2.75, 3.05) is 6.54 Å². The Morgan fingerprint density at radius 2 is 1.88 bits per heavy atom. The van der Waals surface area contributed by atoms with Crippen molar-refractivity contribution in [3.8, 4) is 0 Å². The molecule has 96 valence electrons. The van der Waals surface area contributed by atoms with Crippen molar-refractivity contribution in [3.63, 3.8) is 0 Å². The molecule has 0 aromatic rings. The Balaban J connectivity index is 2.18. The smallest absolute Gasteiger partial charge is 0.471 e. The summed E-state index contributed by atoms with van der Waals surface area (Å²) in [5.41, 5.74) is 0. The van der Waals surface area contributed by atoms with Crippen molar-refractivity contribution >= 4 is 11.9 Å². The summed E-state index contributed by atoms with van der Waals surface area (Å²) < 4.78 is 37.0. The minimum Gasteiger partial charge on any atom is -0.481 e. The zero-order chi connectivity index (χ0) is 12.8. The predicted octanol–water partition coefficient (Wildman–Crippen LogP) is 1.26. The number of halogens is 3. The zero-order valence-electron chi connectivity index (χ0n) is 8.91. The van der Waals surface area contributed by atoms with E-state index in [9.17, 15) is 22.8 Å². The molecule has 2 fully saturated rings. The zero-order valence-corrected chi connectivity index (χ0v) is 8.91. The second-order valence-corrected chi connectivity index (χ2v) is 4.63. The number of nitrogens with zero attached hydrogens (tertiary/aromatic N) is 1. The van der Waals surface area contributed by atoms with Crippen molar-refractivity contribution in [2.45, 2.75) is 31.5 Å². The van der Waals surface area contributed by atoms with E-state index in [0.29, 0.717) is 24.2 Å². The molecule has 1 heterocycles. The first-order valence-electron chi connectivity index (χ1n) is 5.41. The summed E-state index contributed by atoms with van der Waals surface area (Å²) in [4.78, 5) is 22.8. The van der Waals surface area contributed by atoms with E-state index in [-0.39, 0.29) is 12.5 Å². The Kier molecular flexibility index (Phi) is 2.79. The fraction of sp³-hybridized carbons (Fsp3) is 0.800. The van der Waals surface area contributed by atoms with E-state index in [0.717, 1.165) is 0 Å².